The molecule has 1 aliphatic heterocycles. The molecular formula is C13H20N2OS. The average molecular weight is 252 g/mol. The van der Waals surface area contributed by atoms with Crippen molar-refractivity contribution in [3.05, 3.63) is 21.4 Å². The summed E-state index contributed by atoms with van der Waals surface area (Å²) in [5, 5.41) is 3.01. The van der Waals surface area contributed by atoms with Crippen molar-refractivity contribution in [2.45, 2.75) is 39.7 Å². The van der Waals surface area contributed by atoms with Crippen LogP contribution in [0.2, 0.25) is 0 Å². The molecule has 1 N–H and O–H groups in total. The van der Waals surface area contributed by atoms with Crippen molar-refractivity contribution in [2.75, 3.05) is 13.1 Å². The number of amides is 2. The molecular weight excluding hydrogens is 232 g/mol. The topological polar surface area (TPSA) is 32.3 Å². The summed E-state index contributed by atoms with van der Waals surface area (Å²) < 4.78 is 0. The molecule has 0 atom stereocenters. The molecule has 3 nitrogen and oxygen atoms in total. The normalized spacial score (nSPS) is 16.0. The van der Waals surface area contributed by atoms with Crippen LogP contribution in [0, 0.1) is 13.8 Å². The fourth-order valence-electron chi connectivity index (χ4n) is 2.11. The summed E-state index contributed by atoms with van der Waals surface area (Å²) in [7, 11) is 0. The van der Waals surface area contributed by atoms with E-state index in [1.807, 2.05) is 4.90 Å². The first kappa shape index (κ1) is 12.4. The summed E-state index contributed by atoms with van der Waals surface area (Å²) in [4.78, 5) is 16.4. The Hall–Kier alpha value is -1.03. The molecule has 4 heteroatoms. The van der Waals surface area contributed by atoms with Crippen LogP contribution in [0.4, 0.5) is 4.79 Å². The molecule has 2 heterocycles. The SMILES string of the molecule is Cc1cc(CNC(=O)N2CCCCC2)sc1C. The lowest BCUT2D eigenvalue weighted by Gasteiger charge is -2.26. The third-order valence-corrected chi connectivity index (χ3v) is 4.43. The van der Waals surface area contributed by atoms with Gasteiger partial charge in [-0.2, -0.15) is 0 Å². The molecule has 0 radical (unpaired) electrons. The highest BCUT2D eigenvalue weighted by atomic mass is 32.1. The van der Waals surface area contributed by atoms with E-state index in [9.17, 15) is 4.79 Å². The number of rotatable bonds is 2. The van der Waals surface area contributed by atoms with Gasteiger partial charge in [-0.3, -0.25) is 0 Å². The number of thiophene rings is 1. The highest BCUT2D eigenvalue weighted by Crippen LogP contribution is 2.20. The second kappa shape index (κ2) is 5.54. The molecule has 1 saturated heterocycles. The fraction of sp³-hybridized carbons (Fsp3) is 0.615. The molecule has 1 aliphatic rings. The van der Waals surface area contributed by atoms with E-state index in [0.717, 1.165) is 25.9 Å². The molecule has 0 aromatic carbocycles. The number of hydrogen-bond donors (Lipinski definition) is 1. The van der Waals surface area contributed by atoms with E-state index >= 15 is 0 Å². The Labute approximate surface area is 107 Å². The van der Waals surface area contributed by atoms with Crippen LogP contribution in [0.5, 0.6) is 0 Å². The molecule has 94 valence electrons. The Kier molecular flexibility index (Phi) is 4.05. The average Bonchev–Trinajstić information content (AvgIpc) is 2.67. The Morgan fingerprint density at radius 1 is 1.35 bits per heavy atom. The van der Waals surface area contributed by atoms with E-state index in [1.54, 1.807) is 11.3 Å². The van der Waals surface area contributed by atoms with Gasteiger partial charge < -0.3 is 10.2 Å². The van der Waals surface area contributed by atoms with Crippen LogP contribution in [0.25, 0.3) is 0 Å². The molecule has 0 bridgehead atoms. The molecule has 0 unspecified atom stereocenters. The molecule has 1 fully saturated rings. The minimum Gasteiger partial charge on any atom is -0.333 e. The van der Waals surface area contributed by atoms with Gasteiger partial charge in [0, 0.05) is 22.8 Å². The summed E-state index contributed by atoms with van der Waals surface area (Å²) >= 11 is 1.77. The van der Waals surface area contributed by atoms with Gasteiger partial charge in [0.2, 0.25) is 0 Å². The number of urea groups is 1. The van der Waals surface area contributed by atoms with Crippen LogP contribution in [-0.2, 0) is 6.54 Å². The number of piperidine rings is 1. The lowest BCUT2D eigenvalue weighted by atomic mass is 10.1. The molecule has 1 aromatic rings. The predicted molar refractivity (Wildman–Crippen MR) is 71.5 cm³/mol. The van der Waals surface area contributed by atoms with Gasteiger partial charge in [-0.05, 0) is 44.7 Å². The van der Waals surface area contributed by atoms with E-state index in [4.69, 9.17) is 0 Å². The van der Waals surface area contributed by atoms with Gasteiger partial charge in [-0.1, -0.05) is 0 Å². The Morgan fingerprint density at radius 2 is 2.06 bits per heavy atom. The maximum absolute atomic E-state index is 11.9. The molecule has 17 heavy (non-hydrogen) atoms. The summed E-state index contributed by atoms with van der Waals surface area (Å²) in [6, 6.07) is 2.25. The van der Waals surface area contributed by atoms with Crippen LogP contribution < -0.4 is 5.32 Å². The number of nitrogens with zero attached hydrogens (tertiary/aromatic N) is 1. The van der Waals surface area contributed by atoms with Crippen LogP contribution >= 0.6 is 11.3 Å². The molecule has 1 aromatic heterocycles. The second-order valence-electron chi connectivity index (χ2n) is 4.66. The minimum absolute atomic E-state index is 0.0911. The van der Waals surface area contributed by atoms with Crippen molar-refractivity contribution in [1.29, 1.82) is 0 Å². The molecule has 2 amide bonds. The molecule has 2 rings (SSSR count). The summed E-state index contributed by atoms with van der Waals surface area (Å²) in [6.07, 6.45) is 3.54. The maximum atomic E-state index is 11.9. The predicted octanol–water partition coefficient (Wildman–Crippen LogP) is 3.06. The number of aryl methyl sites for hydroxylation is 2. The van der Waals surface area contributed by atoms with Crippen molar-refractivity contribution in [2.24, 2.45) is 0 Å². The van der Waals surface area contributed by atoms with Crippen molar-refractivity contribution < 1.29 is 4.79 Å². The summed E-state index contributed by atoms with van der Waals surface area (Å²) in [5.41, 5.74) is 1.32. The van der Waals surface area contributed by atoms with E-state index < -0.39 is 0 Å². The van der Waals surface area contributed by atoms with Crippen LogP contribution in [0.15, 0.2) is 6.07 Å². The van der Waals surface area contributed by atoms with E-state index in [2.05, 4.69) is 25.2 Å². The van der Waals surface area contributed by atoms with E-state index in [1.165, 1.54) is 21.7 Å². The standard InChI is InChI=1S/C13H20N2OS/c1-10-8-12(17-11(10)2)9-14-13(16)15-6-4-3-5-7-15/h8H,3-7,9H2,1-2H3,(H,14,16). The maximum Gasteiger partial charge on any atom is 0.317 e. The third-order valence-electron chi connectivity index (χ3n) is 3.27. The highest BCUT2D eigenvalue weighted by Gasteiger charge is 2.15. The summed E-state index contributed by atoms with van der Waals surface area (Å²) in [6.45, 7) is 6.72. The monoisotopic (exact) mass is 252 g/mol. The Bertz CT molecular complexity index is 375. The minimum atomic E-state index is 0.0911. The second-order valence-corrected chi connectivity index (χ2v) is 6.00. The largest absolute Gasteiger partial charge is 0.333 e. The Morgan fingerprint density at radius 3 is 2.65 bits per heavy atom. The first-order valence-electron chi connectivity index (χ1n) is 6.25. The zero-order chi connectivity index (χ0) is 12.3. The van der Waals surface area contributed by atoms with Crippen LogP contribution in [0.1, 0.15) is 34.6 Å². The van der Waals surface area contributed by atoms with Gasteiger partial charge in [0.05, 0.1) is 6.54 Å². The molecule has 0 spiro atoms. The lowest BCUT2D eigenvalue weighted by Crippen LogP contribution is -2.42. The van der Waals surface area contributed by atoms with Crippen LogP contribution in [-0.4, -0.2) is 24.0 Å². The van der Waals surface area contributed by atoms with Crippen molar-refractivity contribution in [1.82, 2.24) is 10.2 Å². The fourth-order valence-corrected chi connectivity index (χ4v) is 3.10. The number of carbonyl (C=O) groups excluding carboxylic acids is 1. The quantitative estimate of drug-likeness (QED) is 0.862. The van der Waals surface area contributed by atoms with Gasteiger partial charge in [0.15, 0.2) is 0 Å². The zero-order valence-electron chi connectivity index (χ0n) is 10.6. The summed E-state index contributed by atoms with van der Waals surface area (Å²) in [5.74, 6) is 0. The molecule has 0 aliphatic carbocycles. The van der Waals surface area contributed by atoms with Gasteiger partial charge in [0.1, 0.15) is 0 Å². The van der Waals surface area contributed by atoms with Gasteiger partial charge in [0.25, 0.3) is 0 Å². The number of carbonyl (C=O) groups is 1. The van der Waals surface area contributed by atoms with Gasteiger partial charge in [-0.15, -0.1) is 11.3 Å². The number of nitrogens with one attached hydrogen (secondary N) is 1. The van der Waals surface area contributed by atoms with Crippen molar-refractivity contribution in [3.8, 4) is 0 Å². The number of hydrogen-bond acceptors (Lipinski definition) is 2. The smallest absolute Gasteiger partial charge is 0.317 e. The van der Waals surface area contributed by atoms with Crippen LogP contribution in [0.3, 0.4) is 0 Å². The first-order chi connectivity index (χ1) is 8.16. The Balaban J connectivity index is 1.83. The highest BCUT2D eigenvalue weighted by molar-refractivity contribution is 7.12. The zero-order valence-corrected chi connectivity index (χ0v) is 11.4. The first-order valence-corrected chi connectivity index (χ1v) is 7.07. The number of likely N-dealkylation sites (tertiary alicyclic amines) is 1. The van der Waals surface area contributed by atoms with E-state index in [0.29, 0.717) is 6.54 Å². The lowest BCUT2D eigenvalue weighted by molar-refractivity contribution is 0.186. The van der Waals surface area contributed by atoms with Gasteiger partial charge in [-0.25, -0.2) is 4.79 Å². The third kappa shape index (κ3) is 3.22. The van der Waals surface area contributed by atoms with E-state index in [-0.39, 0.29) is 6.03 Å². The van der Waals surface area contributed by atoms with Crippen molar-refractivity contribution >= 4 is 17.4 Å². The van der Waals surface area contributed by atoms with Crippen molar-refractivity contribution in [3.63, 3.8) is 0 Å². The molecule has 0 saturated carbocycles. The van der Waals surface area contributed by atoms with Gasteiger partial charge >= 0.3 is 6.03 Å².